The Morgan fingerprint density at radius 2 is 1.75 bits per heavy atom. The number of ether oxygens (including phenoxy) is 2. The summed E-state index contributed by atoms with van der Waals surface area (Å²) in [5.74, 6) is 0.427. The molecule has 1 aromatic carbocycles. The largest absolute Gasteiger partial charge is 0.494 e. The average molecular weight is 511 g/mol. The summed E-state index contributed by atoms with van der Waals surface area (Å²) in [6, 6.07) is 7.88. The molecule has 6 rings (SSSR count). The maximum Gasteiger partial charge on any atom is 0.394 e. The molecule has 3 aliphatic carbocycles. The fraction of sp³-hybridized carbons (Fsp3) is 0.520. The van der Waals surface area contributed by atoms with Crippen molar-refractivity contribution >= 4 is 17.3 Å². The number of rotatable bonds is 7. The van der Waals surface area contributed by atoms with Crippen LogP contribution < -0.4 is 14.4 Å². The normalized spacial score (nSPS) is 25.7. The third-order valence-corrected chi connectivity index (χ3v) is 7.78. The van der Waals surface area contributed by atoms with Gasteiger partial charge in [-0.2, -0.15) is 22.0 Å². The van der Waals surface area contributed by atoms with Crippen LogP contribution in [0.5, 0.6) is 11.5 Å². The minimum Gasteiger partial charge on any atom is -0.494 e. The number of likely N-dealkylation sites (tertiary alicyclic amines) is 1. The van der Waals surface area contributed by atoms with Crippen molar-refractivity contribution in [3.05, 3.63) is 42.7 Å². The van der Waals surface area contributed by atoms with Gasteiger partial charge in [-0.1, -0.05) is 0 Å². The van der Waals surface area contributed by atoms with Crippen molar-refractivity contribution in [2.75, 3.05) is 25.1 Å². The van der Waals surface area contributed by atoms with Crippen LogP contribution >= 0.6 is 0 Å². The van der Waals surface area contributed by atoms with E-state index in [-0.39, 0.29) is 37.0 Å². The summed E-state index contributed by atoms with van der Waals surface area (Å²) in [7, 11) is 1.54. The van der Waals surface area contributed by atoms with Crippen LogP contribution in [0.25, 0.3) is 0 Å². The minimum atomic E-state index is -4.25. The summed E-state index contributed by atoms with van der Waals surface area (Å²) in [5, 5.41) is 0. The molecule has 1 saturated heterocycles. The second kappa shape index (κ2) is 8.77. The number of alkyl halides is 5. The number of piperidine rings is 1. The van der Waals surface area contributed by atoms with Crippen LogP contribution in [0.2, 0.25) is 0 Å². The lowest BCUT2D eigenvalue weighted by Crippen LogP contribution is -2.73. The number of carbonyl (C=O) groups excluding carboxylic acids is 1. The molecule has 0 unspecified atom stereocenters. The van der Waals surface area contributed by atoms with Crippen LogP contribution in [0.1, 0.15) is 32.1 Å². The molecule has 0 atom stereocenters. The molecule has 2 aromatic rings. The van der Waals surface area contributed by atoms with Crippen LogP contribution in [0.3, 0.4) is 0 Å². The number of aromatic nitrogens is 1. The molecular formula is C25H26F5N3O3. The van der Waals surface area contributed by atoms with Crippen LogP contribution in [-0.4, -0.2) is 54.8 Å². The van der Waals surface area contributed by atoms with Gasteiger partial charge in [-0.05, 0) is 56.4 Å². The van der Waals surface area contributed by atoms with Gasteiger partial charge in [0.05, 0.1) is 24.1 Å². The first-order valence-electron chi connectivity index (χ1n) is 11.8. The van der Waals surface area contributed by atoms with Gasteiger partial charge in [0.15, 0.2) is 0 Å². The van der Waals surface area contributed by atoms with Gasteiger partial charge in [-0.15, -0.1) is 0 Å². The van der Waals surface area contributed by atoms with Gasteiger partial charge in [0, 0.05) is 37.1 Å². The topological polar surface area (TPSA) is 54.9 Å². The lowest BCUT2D eigenvalue weighted by molar-refractivity contribution is -0.353. The van der Waals surface area contributed by atoms with E-state index in [0.717, 1.165) is 0 Å². The zero-order valence-electron chi connectivity index (χ0n) is 19.6. The highest BCUT2D eigenvalue weighted by Gasteiger charge is 2.81. The van der Waals surface area contributed by atoms with E-state index in [0.29, 0.717) is 43.1 Å². The first-order valence-corrected chi connectivity index (χ1v) is 11.8. The molecule has 2 heterocycles. The van der Waals surface area contributed by atoms with Gasteiger partial charge in [0.1, 0.15) is 17.2 Å². The van der Waals surface area contributed by atoms with E-state index in [1.807, 2.05) is 4.90 Å². The smallest absolute Gasteiger partial charge is 0.394 e. The highest BCUT2D eigenvalue weighted by Crippen LogP contribution is 2.78. The number of benzene rings is 1. The third-order valence-electron chi connectivity index (χ3n) is 7.78. The SMILES string of the molecule is COc1ccncc1N(c1ccc(OC(F)F)cc1)C1CCN(C(=O)C23CC(C(F)(F)F)(C2)C3)CC1. The van der Waals surface area contributed by atoms with E-state index in [4.69, 9.17) is 4.74 Å². The van der Waals surface area contributed by atoms with E-state index in [9.17, 15) is 26.7 Å². The van der Waals surface area contributed by atoms with Gasteiger partial charge >= 0.3 is 12.8 Å². The van der Waals surface area contributed by atoms with Crippen LogP contribution in [-0.2, 0) is 4.79 Å². The Morgan fingerprint density at radius 1 is 1.11 bits per heavy atom. The predicted molar refractivity (Wildman–Crippen MR) is 120 cm³/mol. The van der Waals surface area contributed by atoms with Crippen LogP contribution in [0.15, 0.2) is 42.7 Å². The highest BCUT2D eigenvalue weighted by atomic mass is 19.4. The van der Waals surface area contributed by atoms with Crippen molar-refractivity contribution in [1.82, 2.24) is 9.88 Å². The predicted octanol–water partition coefficient (Wildman–Crippen LogP) is 5.55. The quantitative estimate of drug-likeness (QED) is 0.456. The Labute approximate surface area is 205 Å². The molecule has 0 radical (unpaired) electrons. The van der Waals surface area contributed by atoms with Gasteiger partial charge in [-0.3, -0.25) is 9.78 Å². The van der Waals surface area contributed by atoms with E-state index in [2.05, 4.69) is 9.72 Å². The standard InChI is InChI=1S/C25H26F5N3O3/c1-35-20-6-9-31-12-19(20)33(16-2-4-18(5-3-16)36-22(26)27)17-7-10-32(11-8-17)21(34)23-13-24(14-23,15-23)25(28,29)30/h2-6,9,12,17,22H,7-8,10-11,13-15H2,1H3. The van der Waals surface area contributed by atoms with Gasteiger partial charge in [0.2, 0.25) is 5.91 Å². The monoisotopic (exact) mass is 511 g/mol. The van der Waals surface area contributed by atoms with E-state index in [1.165, 1.54) is 19.2 Å². The number of amides is 1. The molecule has 0 N–H and O–H groups in total. The molecule has 2 bridgehead atoms. The first-order chi connectivity index (χ1) is 17.1. The Bertz CT molecular complexity index is 1100. The van der Waals surface area contributed by atoms with Gasteiger partial charge < -0.3 is 19.3 Å². The number of anilines is 2. The highest BCUT2D eigenvalue weighted by molar-refractivity contribution is 5.87. The maximum absolute atomic E-state index is 13.2. The van der Waals surface area contributed by atoms with Crippen molar-refractivity contribution in [1.29, 1.82) is 0 Å². The fourth-order valence-corrected chi connectivity index (χ4v) is 6.04. The summed E-state index contributed by atoms with van der Waals surface area (Å²) in [4.78, 5) is 21.0. The van der Waals surface area contributed by atoms with Crippen molar-refractivity contribution in [2.45, 2.75) is 50.9 Å². The molecule has 1 aliphatic heterocycles. The molecule has 4 aliphatic rings. The van der Waals surface area contributed by atoms with Gasteiger partial charge in [0.25, 0.3) is 0 Å². The maximum atomic E-state index is 13.2. The number of methoxy groups -OCH3 is 1. The Morgan fingerprint density at radius 3 is 2.31 bits per heavy atom. The molecule has 0 spiro atoms. The molecule has 1 amide bonds. The number of halogens is 5. The summed E-state index contributed by atoms with van der Waals surface area (Å²) >= 11 is 0. The lowest BCUT2D eigenvalue weighted by atomic mass is 9.34. The molecule has 194 valence electrons. The van der Waals surface area contributed by atoms with E-state index < -0.39 is 23.6 Å². The number of hydrogen-bond donors (Lipinski definition) is 0. The zero-order valence-corrected chi connectivity index (χ0v) is 19.6. The Balaban J connectivity index is 1.32. The van der Waals surface area contributed by atoms with Gasteiger partial charge in [-0.25, -0.2) is 0 Å². The van der Waals surface area contributed by atoms with Crippen molar-refractivity contribution in [3.63, 3.8) is 0 Å². The molecule has 6 nitrogen and oxygen atoms in total. The summed E-state index contributed by atoms with van der Waals surface area (Å²) in [6.07, 6.45) is -0.172. The van der Waals surface area contributed by atoms with E-state index >= 15 is 0 Å². The molecule has 3 saturated carbocycles. The average Bonchev–Trinajstić information content (AvgIpc) is 2.78. The summed E-state index contributed by atoms with van der Waals surface area (Å²) < 4.78 is 74.8. The molecular weight excluding hydrogens is 485 g/mol. The second-order valence-corrected chi connectivity index (χ2v) is 9.90. The Hall–Kier alpha value is -3.11. The summed E-state index contributed by atoms with van der Waals surface area (Å²) in [5.41, 5.74) is -1.12. The van der Waals surface area contributed by atoms with Crippen molar-refractivity contribution in [2.24, 2.45) is 10.8 Å². The first kappa shape index (κ1) is 24.6. The zero-order chi connectivity index (χ0) is 25.7. The lowest BCUT2D eigenvalue weighted by Gasteiger charge is -2.69. The fourth-order valence-electron chi connectivity index (χ4n) is 6.04. The minimum absolute atomic E-state index is 0.0300. The Kier molecular flexibility index (Phi) is 5.99. The number of nitrogens with zero attached hydrogens (tertiary/aromatic N) is 3. The number of pyridine rings is 1. The van der Waals surface area contributed by atoms with Crippen molar-refractivity contribution in [3.8, 4) is 11.5 Å². The second-order valence-electron chi connectivity index (χ2n) is 9.90. The molecule has 4 fully saturated rings. The number of hydrogen-bond acceptors (Lipinski definition) is 5. The number of carbonyl (C=O) groups is 1. The molecule has 1 aromatic heterocycles. The molecule has 36 heavy (non-hydrogen) atoms. The summed E-state index contributed by atoms with van der Waals surface area (Å²) in [6.45, 7) is -2.11. The third kappa shape index (κ3) is 4.02. The molecule has 11 heteroatoms. The van der Waals surface area contributed by atoms with Crippen LogP contribution in [0.4, 0.5) is 33.3 Å². The van der Waals surface area contributed by atoms with Crippen LogP contribution in [0, 0.1) is 10.8 Å². The van der Waals surface area contributed by atoms with Crippen molar-refractivity contribution < 1.29 is 36.2 Å². The van der Waals surface area contributed by atoms with E-state index in [1.54, 1.807) is 35.5 Å².